The molecule has 2 unspecified atom stereocenters. The van der Waals surface area contributed by atoms with Crippen molar-refractivity contribution in [1.29, 1.82) is 0 Å². The molecule has 0 aliphatic carbocycles. The Hall–Kier alpha value is -0.930. The van der Waals surface area contributed by atoms with E-state index in [2.05, 4.69) is 22.9 Å². The van der Waals surface area contributed by atoms with E-state index in [1.54, 1.807) is 0 Å². The molecule has 102 valence electrons. The lowest BCUT2D eigenvalue weighted by Gasteiger charge is -2.34. The normalized spacial score (nSPS) is 21.9. The summed E-state index contributed by atoms with van der Waals surface area (Å²) in [5.41, 5.74) is 2.29. The highest BCUT2D eigenvalue weighted by Gasteiger charge is 2.22. The van der Waals surface area contributed by atoms with Gasteiger partial charge in [-0.05, 0) is 44.9 Å². The lowest BCUT2D eigenvalue weighted by Crippen LogP contribution is -2.39. The summed E-state index contributed by atoms with van der Waals surface area (Å²) in [6.45, 7) is 10.0. The molecule has 1 aromatic rings. The number of aryl methyl sites for hydroxylation is 1. The van der Waals surface area contributed by atoms with Crippen molar-refractivity contribution in [3.63, 3.8) is 0 Å². The Bertz CT molecular complexity index is 337. The van der Waals surface area contributed by atoms with E-state index in [1.807, 2.05) is 33.0 Å². The third-order valence-corrected chi connectivity index (χ3v) is 3.39. The number of nitrogens with zero attached hydrogens (tertiary/aromatic N) is 2. The summed E-state index contributed by atoms with van der Waals surface area (Å²) in [4.78, 5) is 6.66. The molecule has 3 nitrogen and oxygen atoms in total. The molecule has 3 heteroatoms. The lowest BCUT2D eigenvalue weighted by atomic mass is 10.0. The minimum absolute atomic E-state index is 0.158. The summed E-state index contributed by atoms with van der Waals surface area (Å²) in [6.07, 6.45) is 3.82. The largest absolute Gasteiger partial charge is 0.392 e. The first-order valence-electron chi connectivity index (χ1n) is 7.01. The molecule has 0 aromatic carbocycles. The lowest BCUT2D eigenvalue weighted by molar-refractivity contribution is 0.0503. The molecule has 1 aromatic heterocycles. The Morgan fingerprint density at radius 2 is 2.11 bits per heavy atom. The van der Waals surface area contributed by atoms with Crippen molar-refractivity contribution < 1.29 is 5.11 Å². The summed E-state index contributed by atoms with van der Waals surface area (Å²) >= 11 is 0. The number of β-amino-alcohol motifs (C(OH)–C–C–N with tert-alkyl or cyclic N) is 1. The van der Waals surface area contributed by atoms with Crippen molar-refractivity contribution in [3.05, 3.63) is 29.6 Å². The van der Waals surface area contributed by atoms with E-state index >= 15 is 0 Å². The van der Waals surface area contributed by atoms with Gasteiger partial charge < -0.3 is 5.11 Å². The highest BCUT2D eigenvalue weighted by Crippen LogP contribution is 2.23. The number of rotatable bonds is 2. The van der Waals surface area contributed by atoms with Crippen LogP contribution < -0.4 is 0 Å². The molecule has 0 radical (unpaired) electrons. The van der Waals surface area contributed by atoms with Crippen LogP contribution in [0.15, 0.2) is 18.3 Å². The van der Waals surface area contributed by atoms with Gasteiger partial charge in [0.15, 0.2) is 0 Å². The van der Waals surface area contributed by atoms with Crippen LogP contribution in [0.5, 0.6) is 0 Å². The van der Waals surface area contributed by atoms with Crippen LogP contribution in [0, 0.1) is 6.92 Å². The molecule has 2 heterocycles. The summed E-state index contributed by atoms with van der Waals surface area (Å²) in [6, 6.07) is 4.53. The maximum Gasteiger partial charge on any atom is 0.0667 e. The second kappa shape index (κ2) is 7.49. The Kier molecular flexibility index (Phi) is 6.30. The van der Waals surface area contributed by atoms with Gasteiger partial charge in [0.05, 0.1) is 6.10 Å². The minimum atomic E-state index is -0.158. The molecule has 1 fully saturated rings. The van der Waals surface area contributed by atoms with E-state index in [4.69, 9.17) is 0 Å². The van der Waals surface area contributed by atoms with Gasteiger partial charge in [-0.2, -0.15) is 0 Å². The molecular weight excluding hydrogens is 224 g/mol. The van der Waals surface area contributed by atoms with Crippen molar-refractivity contribution in [2.75, 3.05) is 13.1 Å². The molecule has 2 rings (SSSR count). The molecule has 1 aliphatic heterocycles. The molecule has 18 heavy (non-hydrogen) atoms. The van der Waals surface area contributed by atoms with E-state index in [0.717, 1.165) is 31.6 Å². The van der Waals surface area contributed by atoms with Crippen LogP contribution in [-0.2, 0) is 0 Å². The van der Waals surface area contributed by atoms with Crippen LogP contribution in [0.25, 0.3) is 0 Å². The zero-order chi connectivity index (χ0) is 13.5. The first kappa shape index (κ1) is 15.1. The van der Waals surface area contributed by atoms with Gasteiger partial charge in [0.25, 0.3) is 0 Å². The monoisotopic (exact) mass is 250 g/mol. The first-order chi connectivity index (χ1) is 8.66. The smallest absolute Gasteiger partial charge is 0.0667 e. The zero-order valence-corrected chi connectivity index (χ0v) is 12.1. The molecule has 1 N–H and O–H groups in total. The Morgan fingerprint density at radius 1 is 1.39 bits per heavy atom. The van der Waals surface area contributed by atoms with Gasteiger partial charge >= 0.3 is 0 Å². The molecule has 0 amide bonds. The van der Waals surface area contributed by atoms with Crippen molar-refractivity contribution in [2.45, 2.75) is 52.7 Å². The van der Waals surface area contributed by atoms with Crippen LogP contribution >= 0.6 is 0 Å². The number of hydrogen-bond donors (Lipinski definition) is 1. The minimum Gasteiger partial charge on any atom is -0.392 e. The summed E-state index contributed by atoms with van der Waals surface area (Å²) in [5, 5.41) is 9.66. The van der Waals surface area contributed by atoms with E-state index in [0.29, 0.717) is 6.04 Å². The van der Waals surface area contributed by atoms with E-state index < -0.39 is 0 Å². The maximum absolute atomic E-state index is 9.66. The fraction of sp³-hybridized carbons (Fsp3) is 0.667. The van der Waals surface area contributed by atoms with E-state index in [9.17, 15) is 5.11 Å². The summed E-state index contributed by atoms with van der Waals surface area (Å²) in [5.74, 6) is 0. The number of piperidine rings is 1. The second-order valence-corrected chi connectivity index (χ2v) is 4.70. The van der Waals surface area contributed by atoms with Crippen molar-refractivity contribution >= 4 is 0 Å². The summed E-state index contributed by atoms with van der Waals surface area (Å²) in [7, 11) is 0. The van der Waals surface area contributed by atoms with Crippen LogP contribution in [-0.4, -0.2) is 34.2 Å². The molecule has 0 saturated carbocycles. The van der Waals surface area contributed by atoms with E-state index in [-0.39, 0.29) is 6.10 Å². The number of pyridine rings is 1. The predicted molar refractivity (Wildman–Crippen MR) is 75.6 cm³/mol. The molecule has 0 bridgehead atoms. The zero-order valence-electron chi connectivity index (χ0n) is 12.1. The molecule has 2 atom stereocenters. The second-order valence-electron chi connectivity index (χ2n) is 4.70. The third kappa shape index (κ3) is 4.07. The Labute approximate surface area is 111 Å². The standard InChI is InChI=1S/C13H20N2O.C2H6/c1-10-5-6-12(8-14-10)11(2)15-7-3-4-13(16)9-15;1-2/h5-6,8,11,13,16H,3-4,7,9H2,1-2H3;1-2H3. The highest BCUT2D eigenvalue weighted by atomic mass is 16.3. The van der Waals surface area contributed by atoms with Gasteiger partial charge in [-0.1, -0.05) is 19.9 Å². The van der Waals surface area contributed by atoms with E-state index in [1.165, 1.54) is 5.56 Å². The van der Waals surface area contributed by atoms with Gasteiger partial charge in [-0.25, -0.2) is 0 Å². The average Bonchev–Trinajstić information content (AvgIpc) is 2.41. The van der Waals surface area contributed by atoms with Gasteiger partial charge in [0.2, 0.25) is 0 Å². The SMILES string of the molecule is CC.Cc1ccc(C(C)N2CCCC(O)C2)cn1. The number of hydrogen-bond acceptors (Lipinski definition) is 3. The fourth-order valence-corrected chi connectivity index (χ4v) is 2.27. The number of likely N-dealkylation sites (tertiary alicyclic amines) is 1. The predicted octanol–water partition coefficient (Wildman–Crippen LogP) is 2.93. The molecular formula is C15H26N2O. The topological polar surface area (TPSA) is 36.4 Å². The van der Waals surface area contributed by atoms with Crippen molar-refractivity contribution in [1.82, 2.24) is 9.88 Å². The van der Waals surface area contributed by atoms with Crippen molar-refractivity contribution in [2.24, 2.45) is 0 Å². The average molecular weight is 250 g/mol. The van der Waals surface area contributed by atoms with Crippen LogP contribution in [0.1, 0.15) is 50.9 Å². The van der Waals surface area contributed by atoms with Crippen LogP contribution in [0.4, 0.5) is 0 Å². The Morgan fingerprint density at radius 3 is 2.67 bits per heavy atom. The van der Waals surface area contributed by atoms with Crippen molar-refractivity contribution in [3.8, 4) is 0 Å². The molecule has 1 aliphatic rings. The van der Waals surface area contributed by atoms with Crippen LogP contribution in [0.3, 0.4) is 0 Å². The highest BCUT2D eigenvalue weighted by molar-refractivity contribution is 5.16. The molecule has 0 spiro atoms. The van der Waals surface area contributed by atoms with Gasteiger partial charge in [0.1, 0.15) is 0 Å². The van der Waals surface area contributed by atoms with Gasteiger partial charge in [-0.15, -0.1) is 0 Å². The molecule has 1 saturated heterocycles. The fourth-order valence-electron chi connectivity index (χ4n) is 2.27. The number of aromatic nitrogens is 1. The Balaban J connectivity index is 0.000000771. The maximum atomic E-state index is 9.66. The van der Waals surface area contributed by atoms with Crippen LogP contribution in [0.2, 0.25) is 0 Å². The first-order valence-corrected chi connectivity index (χ1v) is 7.01. The van der Waals surface area contributed by atoms with Gasteiger partial charge in [0, 0.05) is 24.5 Å². The van der Waals surface area contributed by atoms with Gasteiger partial charge in [-0.3, -0.25) is 9.88 Å². The summed E-state index contributed by atoms with van der Waals surface area (Å²) < 4.78 is 0. The number of aliphatic hydroxyl groups excluding tert-OH is 1. The quantitative estimate of drug-likeness (QED) is 0.876. The number of aliphatic hydroxyl groups is 1. The third-order valence-electron chi connectivity index (χ3n) is 3.39.